The molecule has 0 bridgehead atoms. The van der Waals surface area contributed by atoms with Crippen molar-refractivity contribution in [3.05, 3.63) is 30.1 Å². The third-order valence-electron chi connectivity index (χ3n) is 4.01. The summed E-state index contributed by atoms with van der Waals surface area (Å²) < 4.78 is 0. The van der Waals surface area contributed by atoms with Gasteiger partial charge in [0.25, 0.3) is 0 Å². The maximum Gasteiger partial charge on any atom is 0.0300 e. The van der Waals surface area contributed by atoms with Crippen molar-refractivity contribution in [1.29, 1.82) is 0 Å². The zero-order valence-electron chi connectivity index (χ0n) is 10.2. The van der Waals surface area contributed by atoms with E-state index in [1.165, 1.54) is 37.7 Å². The van der Waals surface area contributed by atoms with E-state index in [9.17, 15) is 0 Å². The van der Waals surface area contributed by atoms with Gasteiger partial charge >= 0.3 is 0 Å². The normalized spacial score (nSPS) is 30.2. The van der Waals surface area contributed by atoms with E-state index in [1.807, 2.05) is 18.5 Å². The molecule has 1 heterocycles. The highest BCUT2D eigenvalue weighted by atomic mass is 14.8. The fraction of sp³-hybridized carbons (Fsp3) is 0.643. The summed E-state index contributed by atoms with van der Waals surface area (Å²) in [5.41, 5.74) is 7.91. The molecule has 1 saturated carbocycles. The van der Waals surface area contributed by atoms with Crippen LogP contribution in [-0.2, 0) is 6.42 Å². The molecule has 1 aromatic heterocycles. The molecule has 1 aromatic rings. The van der Waals surface area contributed by atoms with Crippen LogP contribution in [0.5, 0.6) is 0 Å². The molecule has 0 saturated heterocycles. The Hall–Kier alpha value is -0.890. The molecule has 0 aliphatic heterocycles. The average Bonchev–Trinajstić information content (AvgIpc) is 2.30. The zero-order valence-corrected chi connectivity index (χ0v) is 10.2. The molecule has 2 rings (SSSR count). The minimum atomic E-state index is 0.00995. The van der Waals surface area contributed by atoms with E-state index in [0.29, 0.717) is 5.92 Å². The predicted octanol–water partition coefficient (Wildman–Crippen LogP) is 2.92. The topological polar surface area (TPSA) is 38.9 Å². The van der Waals surface area contributed by atoms with Crippen molar-refractivity contribution < 1.29 is 0 Å². The fourth-order valence-electron chi connectivity index (χ4n) is 3.06. The Labute approximate surface area is 98.3 Å². The molecule has 2 atom stereocenters. The van der Waals surface area contributed by atoms with Gasteiger partial charge in [0.15, 0.2) is 0 Å². The summed E-state index contributed by atoms with van der Waals surface area (Å²) in [5.74, 6) is 0.682. The number of nitrogens with two attached hydrogens (primary N) is 1. The minimum Gasteiger partial charge on any atom is -0.325 e. The number of pyridine rings is 1. The molecule has 1 aliphatic carbocycles. The van der Waals surface area contributed by atoms with Crippen molar-refractivity contribution in [3.8, 4) is 0 Å². The summed E-state index contributed by atoms with van der Waals surface area (Å²) in [7, 11) is 0. The maximum absolute atomic E-state index is 6.62. The lowest BCUT2D eigenvalue weighted by atomic mass is 9.69. The van der Waals surface area contributed by atoms with E-state index in [-0.39, 0.29) is 5.54 Å². The zero-order chi connectivity index (χ0) is 11.4. The van der Waals surface area contributed by atoms with Gasteiger partial charge in [-0.3, -0.25) is 4.98 Å². The summed E-state index contributed by atoms with van der Waals surface area (Å²) in [6.45, 7) is 2.26. The summed E-state index contributed by atoms with van der Waals surface area (Å²) in [4.78, 5) is 4.18. The number of hydrogen-bond acceptors (Lipinski definition) is 2. The first kappa shape index (κ1) is 11.6. The van der Waals surface area contributed by atoms with E-state index in [0.717, 1.165) is 6.42 Å². The summed E-state index contributed by atoms with van der Waals surface area (Å²) >= 11 is 0. The molecule has 0 aromatic carbocycles. The third kappa shape index (κ3) is 2.43. The molecule has 2 nitrogen and oxygen atoms in total. The molecule has 1 fully saturated rings. The van der Waals surface area contributed by atoms with Crippen LogP contribution in [0.3, 0.4) is 0 Å². The fourth-order valence-corrected chi connectivity index (χ4v) is 3.06. The van der Waals surface area contributed by atoms with Gasteiger partial charge in [-0.05, 0) is 36.8 Å². The Kier molecular flexibility index (Phi) is 3.59. The Morgan fingerprint density at radius 3 is 3.06 bits per heavy atom. The van der Waals surface area contributed by atoms with E-state index in [4.69, 9.17) is 5.73 Å². The Bertz CT molecular complexity index is 323. The maximum atomic E-state index is 6.62. The summed E-state index contributed by atoms with van der Waals surface area (Å²) in [6, 6.07) is 4.14. The Morgan fingerprint density at radius 1 is 1.50 bits per heavy atom. The molecule has 0 spiro atoms. The average molecular weight is 218 g/mol. The Morgan fingerprint density at radius 2 is 2.38 bits per heavy atom. The number of rotatable bonds is 3. The van der Waals surface area contributed by atoms with E-state index < -0.39 is 0 Å². The molecule has 1 aliphatic rings. The molecular formula is C14H22N2. The van der Waals surface area contributed by atoms with Crippen molar-refractivity contribution in [2.75, 3.05) is 0 Å². The van der Waals surface area contributed by atoms with Gasteiger partial charge in [-0.2, -0.15) is 0 Å². The molecule has 2 unspecified atom stereocenters. The van der Waals surface area contributed by atoms with Crippen LogP contribution in [-0.4, -0.2) is 10.5 Å². The molecule has 2 N–H and O–H groups in total. The molecular weight excluding hydrogens is 196 g/mol. The van der Waals surface area contributed by atoms with Crippen LogP contribution in [0.25, 0.3) is 0 Å². The van der Waals surface area contributed by atoms with Gasteiger partial charge in [0.2, 0.25) is 0 Å². The lowest BCUT2D eigenvalue weighted by Gasteiger charge is -2.41. The van der Waals surface area contributed by atoms with Crippen LogP contribution in [0.2, 0.25) is 0 Å². The van der Waals surface area contributed by atoms with Crippen LogP contribution < -0.4 is 5.73 Å². The third-order valence-corrected chi connectivity index (χ3v) is 4.01. The second-order valence-corrected chi connectivity index (χ2v) is 5.12. The Balaban J connectivity index is 2.11. The second-order valence-electron chi connectivity index (χ2n) is 5.12. The van der Waals surface area contributed by atoms with Gasteiger partial charge in [0.1, 0.15) is 0 Å². The molecule has 0 radical (unpaired) electrons. The van der Waals surface area contributed by atoms with Gasteiger partial charge < -0.3 is 5.73 Å². The standard InChI is InChI=1S/C14H22N2/c1-2-13-7-3-4-8-14(13,15)10-12-6-5-9-16-11-12/h5-6,9,11,13H,2-4,7-8,10,15H2,1H3. The first-order valence-electron chi connectivity index (χ1n) is 6.42. The first-order chi connectivity index (χ1) is 7.74. The van der Waals surface area contributed by atoms with Crippen LogP contribution in [0.15, 0.2) is 24.5 Å². The second kappa shape index (κ2) is 4.96. The number of nitrogens with zero attached hydrogens (tertiary/aromatic N) is 1. The SMILES string of the molecule is CCC1CCCCC1(N)Cc1cccnc1. The quantitative estimate of drug-likeness (QED) is 0.847. The van der Waals surface area contributed by atoms with Gasteiger partial charge in [-0.25, -0.2) is 0 Å². The largest absolute Gasteiger partial charge is 0.325 e. The van der Waals surface area contributed by atoms with Crippen molar-refractivity contribution in [2.45, 2.75) is 51.0 Å². The summed E-state index contributed by atoms with van der Waals surface area (Å²) in [6.07, 6.45) is 11.1. The van der Waals surface area contributed by atoms with Crippen LogP contribution in [0, 0.1) is 5.92 Å². The van der Waals surface area contributed by atoms with Gasteiger partial charge in [0, 0.05) is 17.9 Å². The molecule has 88 valence electrons. The van der Waals surface area contributed by atoms with Crippen LogP contribution >= 0.6 is 0 Å². The van der Waals surface area contributed by atoms with Crippen molar-refractivity contribution >= 4 is 0 Å². The smallest absolute Gasteiger partial charge is 0.0300 e. The monoisotopic (exact) mass is 218 g/mol. The summed E-state index contributed by atoms with van der Waals surface area (Å²) in [5, 5.41) is 0. The highest BCUT2D eigenvalue weighted by Gasteiger charge is 2.35. The van der Waals surface area contributed by atoms with Gasteiger partial charge in [-0.1, -0.05) is 32.3 Å². The van der Waals surface area contributed by atoms with Gasteiger partial charge in [0.05, 0.1) is 0 Å². The lowest BCUT2D eigenvalue weighted by Crippen LogP contribution is -2.50. The van der Waals surface area contributed by atoms with Gasteiger partial charge in [-0.15, -0.1) is 0 Å². The highest BCUT2D eigenvalue weighted by Crippen LogP contribution is 2.36. The molecule has 16 heavy (non-hydrogen) atoms. The van der Waals surface area contributed by atoms with E-state index >= 15 is 0 Å². The number of hydrogen-bond donors (Lipinski definition) is 1. The van der Waals surface area contributed by atoms with Crippen LogP contribution in [0.4, 0.5) is 0 Å². The highest BCUT2D eigenvalue weighted by molar-refractivity contribution is 5.14. The minimum absolute atomic E-state index is 0.00995. The van der Waals surface area contributed by atoms with Crippen molar-refractivity contribution in [3.63, 3.8) is 0 Å². The lowest BCUT2D eigenvalue weighted by molar-refractivity contribution is 0.182. The molecule has 2 heteroatoms. The van der Waals surface area contributed by atoms with Crippen molar-refractivity contribution in [2.24, 2.45) is 11.7 Å². The molecule has 0 amide bonds. The van der Waals surface area contributed by atoms with Crippen LogP contribution in [0.1, 0.15) is 44.6 Å². The van der Waals surface area contributed by atoms with Crippen molar-refractivity contribution in [1.82, 2.24) is 4.98 Å². The van der Waals surface area contributed by atoms with E-state index in [2.05, 4.69) is 18.0 Å². The predicted molar refractivity (Wildman–Crippen MR) is 67.1 cm³/mol. The first-order valence-corrected chi connectivity index (χ1v) is 6.42. The van der Waals surface area contributed by atoms with E-state index in [1.54, 1.807) is 0 Å². The number of aromatic nitrogens is 1.